The molecule has 0 spiro atoms. The number of rotatable bonds is 2. The lowest BCUT2D eigenvalue weighted by Crippen LogP contribution is -2.76. The predicted octanol–water partition coefficient (Wildman–Crippen LogP) is 0.219. The molecule has 140 valence electrons. The summed E-state index contributed by atoms with van der Waals surface area (Å²) in [5.41, 5.74) is 2.77. The highest BCUT2D eigenvalue weighted by atomic mass is 16.5. The Morgan fingerprint density at radius 1 is 1.22 bits per heavy atom. The lowest BCUT2D eigenvalue weighted by molar-refractivity contribution is -0.724. The average Bonchev–Trinajstić information content (AvgIpc) is 2.69. The Labute approximate surface area is 156 Å². The predicted molar refractivity (Wildman–Crippen MR) is 98.5 cm³/mol. The molecule has 4 rings (SSSR count). The van der Waals surface area contributed by atoms with Crippen molar-refractivity contribution in [3.63, 3.8) is 0 Å². The Kier molecular flexibility index (Phi) is 4.02. The summed E-state index contributed by atoms with van der Waals surface area (Å²) in [6.07, 6.45) is 2.21. The number of hydrogen-bond donors (Lipinski definition) is 3. The molecule has 0 saturated heterocycles. The van der Waals surface area contributed by atoms with Crippen molar-refractivity contribution in [1.82, 2.24) is 4.57 Å². The number of aromatic hydroxyl groups is 1. The van der Waals surface area contributed by atoms with Gasteiger partial charge in [-0.3, -0.25) is 4.79 Å². The minimum absolute atomic E-state index is 0.132. The molecule has 0 fully saturated rings. The fourth-order valence-electron chi connectivity index (χ4n) is 4.05. The van der Waals surface area contributed by atoms with E-state index in [4.69, 9.17) is 4.74 Å². The summed E-state index contributed by atoms with van der Waals surface area (Å²) in [6.45, 7) is 0. The molecule has 0 radical (unpaired) electrons. The third-order valence-electron chi connectivity index (χ3n) is 5.50. The molecule has 2 aliphatic rings. The maximum Gasteiger partial charge on any atom is 0.462 e. The van der Waals surface area contributed by atoms with Crippen molar-refractivity contribution >= 4 is 11.5 Å². The lowest BCUT2D eigenvalue weighted by atomic mass is 9.77. The number of benzene rings is 1. The Hall–Kier alpha value is -3.09. The van der Waals surface area contributed by atoms with E-state index in [1.807, 2.05) is 24.3 Å². The fourth-order valence-corrected chi connectivity index (χ4v) is 4.05. The van der Waals surface area contributed by atoms with Gasteiger partial charge in [0, 0.05) is 19.9 Å². The van der Waals surface area contributed by atoms with E-state index in [1.54, 1.807) is 18.7 Å². The maximum atomic E-state index is 13.1. The normalized spacial score (nSPS) is 18.6. The van der Waals surface area contributed by atoms with Crippen LogP contribution in [0.3, 0.4) is 0 Å². The van der Waals surface area contributed by atoms with Gasteiger partial charge in [-0.05, 0) is 24.1 Å². The summed E-state index contributed by atoms with van der Waals surface area (Å²) in [6, 6.07) is 7.39. The third kappa shape index (κ3) is 2.53. The average molecular weight is 369 g/mol. The molecular weight excluding hydrogens is 346 g/mol. The summed E-state index contributed by atoms with van der Waals surface area (Å²) >= 11 is 0. The van der Waals surface area contributed by atoms with Gasteiger partial charge in [0.2, 0.25) is 0 Å². The molecule has 1 atom stereocenters. The monoisotopic (exact) mass is 369 g/mol. The van der Waals surface area contributed by atoms with Crippen LogP contribution in [0.2, 0.25) is 0 Å². The van der Waals surface area contributed by atoms with Crippen LogP contribution >= 0.6 is 0 Å². The number of fused-ring (bicyclic) bond motifs is 2. The molecule has 7 nitrogen and oxygen atoms in total. The topological polar surface area (TPSA) is 89.5 Å². The Morgan fingerprint density at radius 3 is 2.59 bits per heavy atom. The van der Waals surface area contributed by atoms with E-state index >= 15 is 0 Å². The Bertz CT molecular complexity index is 1050. The van der Waals surface area contributed by atoms with Crippen molar-refractivity contribution in [3.05, 3.63) is 57.1 Å². The van der Waals surface area contributed by atoms with Crippen molar-refractivity contribution in [2.45, 2.75) is 25.2 Å². The van der Waals surface area contributed by atoms with Crippen LogP contribution in [0.4, 0.5) is 5.82 Å². The number of nitrogens with one attached hydrogen (secondary N) is 1. The molecule has 1 aromatic heterocycles. The number of aliphatic hydroxyl groups excluding tert-OH is 1. The highest BCUT2D eigenvalue weighted by molar-refractivity contribution is 6.00. The van der Waals surface area contributed by atoms with Crippen molar-refractivity contribution in [2.75, 3.05) is 7.11 Å². The molecule has 3 N–H and O–H groups in total. The minimum Gasteiger partial charge on any atom is -0.512 e. The van der Waals surface area contributed by atoms with E-state index in [-0.39, 0.29) is 11.6 Å². The van der Waals surface area contributed by atoms with Crippen LogP contribution in [-0.4, -0.2) is 27.6 Å². The van der Waals surface area contributed by atoms with Crippen molar-refractivity contribution in [3.8, 4) is 11.8 Å². The van der Waals surface area contributed by atoms with Gasteiger partial charge in [-0.2, -0.15) is 4.99 Å². The van der Waals surface area contributed by atoms with Gasteiger partial charge in [0.1, 0.15) is 11.5 Å². The van der Waals surface area contributed by atoms with Crippen molar-refractivity contribution < 1.29 is 24.5 Å². The molecule has 1 aliphatic heterocycles. The number of methoxy groups -OCH3 is 1. The first-order chi connectivity index (χ1) is 12.9. The Morgan fingerprint density at radius 2 is 1.93 bits per heavy atom. The van der Waals surface area contributed by atoms with Crippen molar-refractivity contribution in [1.29, 1.82) is 0 Å². The second-order valence-electron chi connectivity index (χ2n) is 7.01. The second kappa shape index (κ2) is 6.26. The van der Waals surface area contributed by atoms with Gasteiger partial charge in [-0.15, -0.1) is 0 Å². The van der Waals surface area contributed by atoms with Crippen LogP contribution in [0.1, 0.15) is 36.3 Å². The molecule has 0 amide bonds. The molecule has 1 aliphatic carbocycles. The molecule has 1 unspecified atom stereocenters. The van der Waals surface area contributed by atoms with Crippen LogP contribution in [0.25, 0.3) is 0 Å². The number of allylic oxidation sites excluding steroid dienone is 2. The second-order valence-corrected chi connectivity index (χ2v) is 7.01. The molecule has 27 heavy (non-hydrogen) atoms. The van der Waals surface area contributed by atoms with Gasteiger partial charge in [0.25, 0.3) is 5.56 Å². The fraction of sp³-hybridized carbons (Fsp3) is 0.350. The minimum atomic E-state index is -0.409. The van der Waals surface area contributed by atoms with E-state index in [0.29, 0.717) is 23.6 Å². The highest BCUT2D eigenvalue weighted by Crippen LogP contribution is 2.39. The zero-order chi connectivity index (χ0) is 19.3. The first kappa shape index (κ1) is 17.3. The first-order valence-electron chi connectivity index (χ1n) is 8.95. The maximum absolute atomic E-state index is 13.1. The van der Waals surface area contributed by atoms with Gasteiger partial charge < -0.3 is 14.9 Å². The van der Waals surface area contributed by atoms with E-state index in [1.165, 1.54) is 11.6 Å². The zero-order valence-corrected chi connectivity index (χ0v) is 15.6. The first-order valence-corrected chi connectivity index (χ1v) is 8.95. The van der Waals surface area contributed by atoms with E-state index in [2.05, 4.69) is 4.99 Å². The number of aromatic nitrogens is 2. The summed E-state index contributed by atoms with van der Waals surface area (Å²) in [7, 11) is 4.86. The summed E-state index contributed by atoms with van der Waals surface area (Å²) < 4.78 is 8.05. The summed E-state index contributed by atoms with van der Waals surface area (Å²) in [5.74, 6) is 1.19. The third-order valence-corrected chi connectivity index (χ3v) is 5.50. The lowest BCUT2D eigenvalue weighted by Gasteiger charge is -2.26. The molecule has 0 saturated carbocycles. The zero-order valence-electron chi connectivity index (χ0n) is 15.6. The van der Waals surface area contributed by atoms with Crippen LogP contribution in [-0.2, 0) is 14.1 Å². The van der Waals surface area contributed by atoms with E-state index < -0.39 is 5.92 Å². The summed E-state index contributed by atoms with van der Waals surface area (Å²) in [5, 5.41) is 21.0. The van der Waals surface area contributed by atoms with E-state index in [9.17, 15) is 15.0 Å². The number of ether oxygens (including phenoxy) is 1. The van der Waals surface area contributed by atoms with Gasteiger partial charge in [0.05, 0.1) is 18.6 Å². The molecule has 2 aromatic rings. The Balaban J connectivity index is 2.06. The van der Waals surface area contributed by atoms with Crippen LogP contribution in [0.15, 0.2) is 40.4 Å². The van der Waals surface area contributed by atoms with Gasteiger partial charge in [0.15, 0.2) is 18.3 Å². The molecule has 1 aromatic carbocycles. The van der Waals surface area contributed by atoms with Crippen LogP contribution in [0.5, 0.6) is 11.8 Å². The number of aliphatic hydroxyl groups is 1. The molecule has 7 heteroatoms. The van der Waals surface area contributed by atoms with Gasteiger partial charge in [-0.25, -0.2) is 4.57 Å². The standard InChI is InChI=1S/C20H21N3O4/c1-22-18-17(19(25)23(2)20(22)26)15(11-7-9-12(27-3)10-8-11)16-13(21-18)5-4-6-14(16)24/h7-10,15H,4-6H2,1-3H3,(H,21,24,25)/p+2. The molecule has 2 heterocycles. The van der Waals surface area contributed by atoms with Crippen LogP contribution < -0.4 is 19.9 Å². The smallest absolute Gasteiger partial charge is 0.462 e. The van der Waals surface area contributed by atoms with Gasteiger partial charge in [-0.1, -0.05) is 16.7 Å². The van der Waals surface area contributed by atoms with E-state index in [0.717, 1.165) is 35.4 Å². The van der Waals surface area contributed by atoms with Gasteiger partial charge >= 0.3 is 11.8 Å². The summed E-state index contributed by atoms with van der Waals surface area (Å²) in [4.78, 5) is 16.4. The highest BCUT2D eigenvalue weighted by Gasteiger charge is 2.45. The van der Waals surface area contributed by atoms with Crippen LogP contribution in [0, 0.1) is 0 Å². The quantitative estimate of drug-likeness (QED) is 0.661. The van der Waals surface area contributed by atoms with Crippen molar-refractivity contribution in [2.24, 2.45) is 14.1 Å². The SMILES string of the molecule is COc1ccc(C2C3=C(O)CCCC3=[NH+]c3c2c(=O)n(C)c(O)[n+]3C)cc1. The largest absolute Gasteiger partial charge is 0.512 e. The molecular formula is C20H23N3O4+2. The molecule has 0 bridgehead atoms. The number of nitrogens with zero attached hydrogens (tertiary/aromatic N) is 2. The number of hydrogen-bond acceptors (Lipinski definition) is 4.